The van der Waals surface area contributed by atoms with Crippen molar-refractivity contribution in [2.45, 2.75) is 25.4 Å². The number of carbonyl (C=O) groups is 1. The van der Waals surface area contributed by atoms with E-state index in [1.807, 2.05) is 0 Å². The molecule has 1 aromatic rings. The Morgan fingerprint density at radius 2 is 2.40 bits per heavy atom. The van der Waals surface area contributed by atoms with Crippen LogP contribution in [0.25, 0.3) is 0 Å². The van der Waals surface area contributed by atoms with Crippen molar-refractivity contribution in [3.8, 4) is 0 Å². The minimum atomic E-state index is -0.225. The van der Waals surface area contributed by atoms with Crippen molar-refractivity contribution >= 4 is 17.5 Å². The summed E-state index contributed by atoms with van der Waals surface area (Å²) < 4.78 is 11.0. The lowest BCUT2D eigenvalue weighted by molar-refractivity contribution is -0.117. The molecular formula is C13H19N3O3S. The first kappa shape index (κ1) is 14.0. The van der Waals surface area contributed by atoms with Gasteiger partial charge in [0.2, 0.25) is 11.7 Å². The van der Waals surface area contributed by atoms with Gasteiger partial charge in [0.15, 0.2) is 5.78 Å². The highest BCUT2D eigenvalue weighted by molar-refractivity contribution is 8.00. The molecule has 0 aromatic carbocycles. The molecule has 3 heterocycles. The second-order valence-corrected chi connectivity index (χ2v) is 6.22. The standard InChI is InChI=1S/C13H19N3O3S/c1-2-3-16-4-5-18-11(6-16)12-14-13(19-15-12)9-7-20-8-10(9)17/h9,11H,2-8H2,1H3. The van der Waals surface area contributed by atoms with Gasteiger partial charge in [-0.2, -0.15) is 16.7 Å². The number of hydrogen-bond acceptors (Lipinski definition) is 7. The van der Waals surface area contributed by atoms with E-state index < -0.39 is 0 Å². The van der Waals surface area contributed by atoms with E-state index in [0.29, 0.717) is 24.1 Å². The molecule has 2 aliphatic rings. The summed E-state index contributed by atoms with van der Waals surface area (Å²) in [6, 6.07) is 0. The number of carbonyl (C=O) groups excluding carboxylic acids is 1. The molecule has 2 aliphatic heterocycles. The number of Topliss-reactive ketones (excluding diaryl/α,β-unsaturated/α-hetero) is 1. The molecule has 0 aliphatic carbocycles. The molecule has 2 unspecified atom stereocenters. The van der Waals surface area contributed by atoms with E-state index in [9.17, 15) is 4.79 Å². The van der Waals surface area contributed by atoms with E-state index in [1.54, 1.807) is 11.8 Å². The van der Waals surface area contributed by atoms with Crippen molar-refractivity contribution < 1.29 is 14.1 Å². The molecule has 1 aromatic heterocycles. The number of hydrogen-bond donors (Lipinski definition) is 0. The quantitative estimate of drug-likeness (QED) is 0.828. The lowest BCUT2D eigenvalue weighted by atomic mass is 10.1. The fourth-order valence-corrected chi connectivity index (χ4v) is 3.66. The molecule has 0 bridgehead atoms. The van der Waals surface area contributed by atoms with Crippen LogP contribution in [0.3, 0.4) is 0 Å². The molecule has 2 saturated heterocycles. The van der Waals surface area contributed by atoms with Crippen molar-refractivity contribution in [2.75, 3.05) is 37.7 Å². The molecular weight excluding hydrogens is 278 g/mol. The van der Waals surface area contributed by atoms with Crippen LogP contribution < -0.4 is 0 Å². The summed E-state index contributed by atoms with van der Waals surface area (Å²) in [5.74, 6) is 2.27. The average Bonchev–Trinajstić information content (AvgIpc) is 3.08. The van der Waals surface area contributed by atoms with Crippen LogP contribution in [0.15, 0.2) is 4.52 Å². The van der Waals surface area contributed by atoms with Gasteiger partial charge in [-0.25, -0.2) is 0 Å². The van der Waals surface area contributed by atoms with Crippen molar-refractivity contribution in [3.63, 3.8) is 0 Å². The maximum atomic E-state index is 11.7. The van der Waals surface area contributed by atoms with Gasteiger partial charge in [0, 0.05) is 18.8 Å². The third-order valence-electron chi connectivity index (χ3n) is 3.65. The Labute approximate surface area is 122 Å². The van der Waals surface area contributed by atoms with E-state index in [1.165, 1.54) is 0 Å². The van der Waals surface area contributed by atoms with E-state index in [0.717, 1.165) is 31.8 Å². The summed E-state index contributed by atoms with van der Waals surface area (Å²) >= 11 is 1.62. The van der Waals surface area contributed by atoms with Crippen LogP contribution in [0.1, 0.15) is 37.1 Å². The van der Waals surface area contributed by atoms with Gasteiger partial charge in [0.25, 0.3) is 0 Å². The molecule has 2 atom stereocenters. The van der Waals surface area contributed by atoms with Crippen LogP contribution >= 0.6 is 11.8 Å². The number of ketones is 1. The van der Waals surface area contributed by atoms with Crippen molar-refractivity contribution in [1.29, 1.82) is 0 Å². The number of rotatable bonds is 4. The summed E-state index contributed by atoms with van der Waals surface area (Å²) in [5.41, 5.74) is 0. The molecule has 0 spiro atoms. The summed E-state index contributed by atoms with van der Waals surface area (Å²) in [7, 11) is 0. The Morgan fingerprint density at radius 1 is 1.50 bits per heavy atom. The van der Waals surface area contributed by atoms with Gasteiger partial charge in [-0.1, -0.05) is 12.1 Å². The smallest absolute Gasteiger partial charge is 0.238 e. The first-order valence-electron chi connectivity index (χ1n) is 7.06. The van der Waals surface area contributed by atoms with Gasteiger partial charge in [-0.3, -0.25) is 9.69 Å². The third kappa shape index (κ3) is 2.89. The molecule has 3 rings (SSSR count). The lowest BCUT2D eigenvalue weighted by Crippen LogP contribution is -2.39. The maximum Gasteiger partial charge on any atom is 0.238 e. The highest BCUT2D eigenvalue weighted by atomic mass is 32.2. The largest absolute Gasteiger partial charge is 0.367 e. The molecule has 2 fully saturated rings. The highest BCUT2D eigenvalue weighted by Crippen LogP contribution is 2.29. The zero-order valence-electron chi connectivity index (χ0n) is 11.6. The fourth-order valence-electron chi connectivity index (χ4n) is 2.58. The Bertz CT molecular complexity index is 477. The first-order valence-corrected chi connectivity index (χ1v) is 8.21. The van der Waals surface area contributed by atoms with Crippen LogP contribution in [0.5, 0.6) is 0 Å². The van der Waals surface area contributed by atoms with E-state index in [-0.39, 0.29) is 17.8 Å². The predicted octanol–water partition coefficient (Wildman–Crippen LogP) is 1.25. The topological polar surface area (TPSA) is 68.5 Å². The van der Waals surface area contributed by atoms with Crippen LogP contribution in [-0.2, 0) is 9.53 Å². The number of nitrogens with zero attached hydrogens (tertiary/aromatic N) is 3. The normalized spacial score (nSPS) is 28.1. The Hall–Kier alpha value is -0.920. The van der Waals surface area contributed by atoms with Gasteiger partial charge in [0.1, 0.15) is 12.0 Å². The molecule has 7 heteroatoms. The minimum absolute atomic E-state index is 0.142. The Morgan fingerprint density at radius 3 is 3.15 bits per heavy atom. The van der Waals surface area contributed by atoms with Crippen LogP contribution in [-0.4, -0.2) is 58.6 Å². The van der Waals surface area contributed by atoms with Crippen molar-refractivity contribution in [2.24, 2.45) is 0 Å². The van der Waals surface area contributed by atoms with Gasteiger partial charge >= 0.3 is 0 Å². The fraction of sp³-hybridized carbons (Fsp3) is 0.769. The number of thioether (sulfide) groups is 1. The number of aromatic nitrogens is 2. The zero-order valence-corrected chi connectivity index (χ0v) is 12.4. The maximum absolute atomic E-state index is 11.7. The van der Waals surface area contributed by atoms with Gasteiger partial charge in [-0.05, 0) is 13.0 Å². The first-order chi connectivity index (χ1) is 9.78. The Balaban J connectivity index is 1.68. The zero-order chi connectivity index (χ0) is 13.9. The van der Waals surface area contributed by atoms with E-state index in [2.05, 4.69) is 22.0 Å². The SMILES string of the molecule is CCCN1CCOC(c2noc(C3CSCC3=O)n2)C1. The summed E-state index contributed by atoms with van der Waals surface area (Å²) in [6.07, 6.45) is 0.981. The third-order valence-corrected chi connectivity index (χ3v) is 4.71. The minimum Gasteiger partial charge on any atom is -0.367 e. The van der Waals surface area contributed by atoms with Crippen molar-refractivity contribution in [1.82, 2.24) is 15.0 Å². The Kier molecular flexibility index (Phi) is 4.38. The van der Waals surface area contributed by atoms with Crippen molar-refractivity contribution in [3.05, 3.63) is 11.7 Å². The molecule has 0 N–H and O–H groups in total. The number of ether oxygens (including phenoxy) is 1. The van der Waals surface area contributed by atoms with Gasteiger partial charge < -0.3 is 9.26 Å². The van der Waals surface area contributed by atoms with Crippen LogP contribution in [0.4, 0.5) is 0 Å². The summed E-state index contributed by atoms with van der Waals surface area (Å²) in [5, 5.41) is 4.01. The molecule has 0 saturated carbocycles. The summed E-state index contributed by atoms with van der Waals surface area (Å²) in [4.78, 5) is 18.5. The molecule has 6 nitrogen and oxygen atoms in total. The van der Waals surface area contributed by atoms with Crippen LogP contribution in [0, 0.1) is 0 Å². The summed E-state index contributed by atoms with van der Waals surface area (Å²) in [6.45, 7) is 5.66. The van der Waals surface area contributed by atoms with E-state index >= 15 is 0 Å². The lowest BCUT2D eigenvalue weighted by Gasteiger charge is -2.30. The molecule has 0 amide bonds. The average molecular weight is 297 g/mol. The predicted molar refractivity (Wildman–Crippen MR) is 74.8 cm³/mol. The number of morpholine rings is 1. The molecule has 20 heavy (non-hydrogen) atoms. The monoisotopic (exact) mass is 297 g/mol. The molecule has 110 valence electrons. The second kappa shape index (κ2) is 6.24. The second-order valence-electron chi connectivity index (χ2n) is 5.18. The molecule has 0 radical (unpaired) electrons. The van der Waals surface area contributed by atoms with Gasteiger partial charge in [0.05, 0.1) is 12.4 Å². The van der Waals surface area contributed by atoms with Gasteiger partial charge in [-0.15, -0.1) is 0 Å². The van der Waals surface area contributed by atoms with E-state index in [4.69, 9.17) is 9.26 Å². The highest BCUT2D eigenvalue weighted by Gasteiger charge is 2.33. The van der Waals surface area contributed by atoms with Crippen LogP contribution in [0.2, 0.25) is 0 Å².